The van der Waals surface area contributed by atoms with Crippen molar-refractivity contribution in [3.8, 4) is 17.2 Å². The molecule has 1 aliphatic rings. The number of methoxy groups -OCH3 is 3. The fraction of sp³-hybridized carbons (Fsp3) is 0.294. The van der Waals surface area contributed by atoms with Crippen LogP contribution in [0.25, 0.3) is 11.8 Å². The van der Waals surface area contributed by atoms with Crippen molar-refractivity contribution >= 4 is 45.3 Å². The zero-order valence-corrected chi connectivity index (χ0v) is 29.2. The summed E-state index contributed by atoms with van der Waals surface area (Å²) in [5, 5.41) is 0. The third-order valence-corrected chi connectivity index (χ3v) is 9.69. The first-order chi connectivity index (χ1) is 22.0. The van der Waals surface area contributed by atoms with Crippen molar-refractivity contribution in [3.05, 3.63) is 105 Å². The number of halogens is 1. The Morgan fingerprint density at radius 3 is 2.37 bits per heavy atom. The number of allylic oxidation sites excluding steroid dienone is 1. The van der Waals surface area contributed by atoms with Gasteiger partial charge < -0.3 is 23.5 Å². The maximum Gasteiger partial charge on any atom is 0.338 e. The molecule has 4 aromatic rings. The number of nitrogens with zero attached hydrogens (tertiary/aromatic N) is 3. The van der Waals surface area contributed by atoms with Crippen LogP contribution in [0.5, 0.6) is 11.5 Å². The first-order valence-electron chi connectivity index (χ1n) is 14.5. The second-order valence-electron chi connectivity index (χ2n) is 10.6. The summed E-state index contributed by atoms with van der Waals surface area (Å²) < 4.78 is 26.1. The molecule has 1 aliphatic heterocycles. The fourth-order valence-corrected chi connectivity index (χ4v) is 7.38. The lowest BCUT2D eigenvalue weighted by atomic mass is 9.95. The van der Waals surface area contributed by atoms with Crippen molar-refractivity contribution < 1.29 is 28.5 Å². The van der Waals surface area contributed by atoms with E-state index < -0.39 is 18.0 Å². The number of aromatic nitrogens is 2. The molecule has 0 saturated carbocycles. The molecular formula is C34H34BrN3O7S. The number of ether oxygens (including phenoxy) is 4. The lowest BCUT2D eigenvalue weighted by Crippen LogP contribution is -2.40. The van der Waals surface area contributed by atoms with Crippen LogP contribution in [0.1, 0.15) is 58.3 Å². The standard InChI is InChI=1S/C34H34BrN3O7S/c1-9-45-33(41)29-19(4)36-34-38(30(29)23-15-26(42-6)27(43-7)16-24(23)35)31(39)28(46-34)14-21-13-17(2)37(20(21)5)25-12-10-11-22(18(25)3)32(40)44-8/h10-16,30H,9H2,1-8H3/b28-14+/t30-/m1/s1. The maximum absolute atomic E-state index is 14.3. The summed E-state index contributed by atoms with van der Waals surface area (Å²) in [5.74, 6) is -0.0274. The van der Waals surface area contributed by atoms with Crippen LogP contribution in [0.15, 0.2) is 61.9 Å². The van der Waals surface area contributed by atoms with Crippen LogP contribution in [0, 0.1) is 20.8 Å². The van der Waals surface area contributed by atoms with E-state index in [-0.39, 0.29) is 17.7 Å². The lowest BCUT2D eigenvalue weighted by molar-refractivity contribution is -0.139. The number of hydrogen-bond acceptors (Lipinski definition) is 9. The average molecular weight is 709 g/mol. The van der Waals surface area contributed by atoms with Crippen molar-refractivity contribution in [1.82, 2.24) is 9.13 Å². The molecule has 2 aromatic heterocycles. The van der Waals surface area contributed by atoms with Crippen molar-refractivity contribution in [2.24, 2.45) is 4.99 Å². The second-order valence-corrected chi connectivity index (χ2v) is 12.5. The molecule has 0 N–H and O–H groups in total. The molecule has 1 atom stereocenters. The van der Waals surface area contributed by atoms with E-state index in [1.807, 2.05) is 45.0 Å². The highest BCUT2D eigenvalue weighted by Crippen LogP contribution is 2.41. The summed E-state index contributed by atoms with van der Waals surface area (Å²) >= 11 is 4.88. The highest BCUT2D eigenvalue weighted by molar-refractivity contribution is 9.10. The first kappa shape index (κ1) is 33.0. The topological polar surface area (TPSA) is 110 Å². The summed E-state index contributed by atoms with van der Waals surface area (Å²) in [6.45, 7) is 9.45. The monoisotopic (exact) mass is 707 g/mol. The molecule has 0 aliphatic carbocycles. The highest BCUT2D eigenvalue weighted by atomic mass is 79.9. The molecule has 0 fully saturated rings. The van der Waals surface area contributed by atoms with Gasteiger partial charge in [-0.2, -0.15) is 0 Å². The van der Waals surface area contributed by atoms with Gasteiger partial charge in [0.1, 0.15) is 0 Å². The highest BCUT2D eigenvalue weighted by Gasteiger charge is 2.35. The summed E-state index contributed by atoms with van der Waals surface area (Å²) in [6.07, 6.45) is 1.84. The molecule has 10 nitrogen and oxygen atoms in total. The number of aryl methyl sites for hydroxylation is 1. The van der Waals surface area contributed by atoms with E-state index in [0.717, 1.165) is 28.2 Å². The van der Waals surface area contributed by atoms with Gasteiger partial charge in [-0.1, -0.05) is 33.3 Å². The Morgan fingerprint density at radius 2 is 1.72 bits per heavy atom. The van der Waals surface area contributed by atoms with E-state index in [4.69, 9.17) is 23.9 Å². The summed E-state index contributed by atoms with van der Waals surface area (Å²) in [6, 6.07) is 10.1. The lowest BCUT2D eigenvalue weighted by Gasteiger charge is -2.26. The number of carbonyl (C=O) groups excluding carboxylic acids is 2. The number of hydrogen-bond donors (Lipinski definition) is 0. The van der Waals surface area contributed by atoms with Gasteiger partial charge >= 0.3 is 11.9 Å². The van der Waals surface area contributed by atoms with Gasteiger partial charge in [-0.25, -0.2) is 14.6 Å². The van der Waals surface area contributed by atoms with Crippen molar-refractivity contribution in [2.45, 2.75) is 40.7 Å². The second kappa shape index (κ2) is 13.1. The van der Waals surface area contributed by atoms with Crippen molar-refractivity contribution in [1.29, 1.82) is 0 Å². The molecule has 0 unspecified atom stereocenters. The molecule has 0 bridgehead atoms. The number of fused-ring (bicyclic) bond motifs is 1. The van der Waals surface area contributed by atoms with Gasteiger partial charge in [0.2, 0.25) is 0 Å². The number of carbonyl (C=O) groups is 2. The van der Waals surface area contributed by atoms with Crippen molar-refractivity contribution in [3.63, 3.8) is 0 Å². The van der Waals surface area contributed by atoms with E-state index in [0.29, 0.717) is 42.1 Å². The fourth-order valence-electron chi connectivity index (χ4n) is 5.81. The molecule has 0 amide bonds. The Bertz CT molecular complexity index is 2110. The summed E-state index contributed by atoms with van der Waals surface area (Å²) in [7, 11) is 4.42. The number of rotatable bonds is 8. The van der Waals surface area contributed by atoms with Gasteiger partial charge in [-0.15, -0.1) is 0 Å². The van der Waals surface area contributed by atoms with Crippen LogP contribution in [0.4, 0.5) is 0 Å². The zero-order valence-electron chi connectivity index (χ0n) is 26.8. The number of esters is 2. The Kier molecular flexibility index (Phi) is 9.41. The normalized spacial score (nSPS) is 14.5. The van der Waals surface area contributed by atoms with Gasteiger partial charge in [0, 0.05) is 21.5 Å². The number of thiazole rings is 1. The maximum atomic E-state index is 14.3. The van der Waals surface area contributed by atoms with Gasteiger partial charge in [0.15, 0.2) is 16.3 Å². The van der Waals surface area contributed by atoms with Gasteiger partial charge in [0.25, 0.3) is 5.56 Å². The molecule has 46 heavy (non-hydrogen) atoms. The predicted octanol–water partition coefficient (Wildman–Crippen LogP) is 5.08. The van der Waals surface area contributed by atoms with Crippen molar-refractivity contribution in [2.75, 3.05) is 27.9 Å². The van der Waals surface area contributed by atoms with Crippen LogP contribution in [0.3, 0.4) is 0 Å². The third-order valence-electron chi connectivity index (χ3n) is 8.02. The van der Waals surface area contributed by atoms with Crippen LogP contribution >= 0.6 is 27.3 Å². The molecule has 0 radical (unpaired) electrons. The van der Waals surface area contributed by atoms with Gasteiger partial charge in [-0.3, -0.25) is 9.36 Å². The average Bonchev–Trinajstić information content (AvgIpc) is 3.49. The van der Waals surface area contributed by atoms with E-state index in [9.17, 15) is 14.4 Å². The molecule has 12 heteroatoms. The summed E-state index contributed by atoms with van der Waals surface area (Å²) in [4.78, 5) is 45.2. The molecule has 3 heterocycles. The predicted molar refractivity (Wildman–Crippen MR) is 179 cm³/mol. The largest absolute Gasteiger partial charge is 0.493 e. The van der Waals surface area contributed by atoms with E-state index >= 15 is 0 Å². The van der Waals surface area contributed by atoms with Gasteiger partial charge in [0.05, 0.1) is 55.3 Å². The Hall–Kier alpha value is -4.42. The third kappa shape index (κ3) is 5.60. The van der Waals surface area contributed by atoms with Crippen LogP contribution in [-0.2, 0) is 14.3 Å². The molecular weight excluding hydrogens is 674 g/mol. The van der Waals surface area contributed by atoms with E-state index in [1.54, 1.807) is 32.0 Å². The number of benzene rings is 2. The van der Waals surface area contributed by atoms with Gasteiger partial charge in [-0.05, 0) is 87.7 Å². The minimum absolute atomic E-state index is 0.164. The SMILES string of the molecule is CCOC(=O)C1=C(C)N=c2s/c(=C/c3cc(C)n(-c4cccc(C(=O)OC)c4C)c3C)c(=O)n2[C@@H]1c1cc(OC)c(OC)cc1Br. The zero-order chi connectivity index (χ0) is 33.4. The Balaban J connectivity index is 1.72. The summed E-state index contributed by atoms with van der Waals surface area (Å²) in [5.41, 5.74) is 5.76. The molecule has 5 rings (SSSR count). The Labute approximate surface area is 278 Å². The van der Waals surface area contributed by atoms with E-state index in [2.05, 4.69) is 20.5 Å². The molecule has 0 saturated heterocycles. The smallest absolute Gasteiger partial charge is 0.338 e. The Morgan fingerprint density at radius 1 is 1.02 bits per heavy atom. The molecule has 0 spiro atoms. The minimum Gasteiger partial charge on any atom is -0.493 e. The molecule has 240 valence electrons. The molecule has 2 aromatic carbocycles. The van der Waals surface area contributed by atoms with Crippen LogP contribution in [-0.4, -0.2) is 49.0 Å². The van der Waals surface area contributed by atoms with Crippen LogP contribution < -0.4 is 24.4 Å². The quantitative estimate of drug-likeness (QED) is 0.235. The van der Waals surface area contributed by atoms with Crippen LogP contribution in [0.2, 0.25) is 0 Å². The first-order valence-corrected chi connectivity index (χ1v) is 16.1. The van der Waals surface area contributed by atoms with E-state index in [1.165, 1.54) is 37.2 Å². The minimum atomic E-state index is -0.845.